The number of nitrogens with two attached hydrogens (primary N) is 1. The molecule has 0 amide bonds. The molecule has 5 nitrogen and oxygen atoms in total. The lowest BCUT2D eigenvalue weighted by atomic mass is 10.2. The maximum atomic E-state index is 12.4. The maximum absolute atomic E-state index is 12.4. The highest BCUT2D eigenvalue weighted by Crippen LogP contribution is 2.25. The van der Waals surface area contributed by atoms with Crippen LogP contribution in [0.4, 0.5) is 0 Å². The van der Waals surface area contributed by atoms with Crippen molar-refractivity contribution in [1.82, 2.24) is 4.31 Å². The second-order valence-corrected chi connectivity index (χ2v) is 7.75. The van der Waals surface area contributed by atoms with E-state index < -0.39 is 10.0 Å². The van der Waals surface area contributed by atoms with E-state index in [2.05, 4.69) is 0 Å². The average Bonchev–Trinajstić information content (AvgIpc) is 2.77. The highest BCUT2D eigenvalue weighted by molar-refractivity contribution is 7.89. The van der Waals surface area contributed by atoms with E-state index in [-0.39, 0.29) is 36.0 Å². The highest BCUT2D eigenvalue weighted by atomic mass is 32.2. The first kappa shape index (κ1) is 16.8. The zero-order chi connectivity index (χ0) is 14.5. The van der Waals surface area contributed by atoms with E-state index >= 15 is 0 Å². The molecule has 0 aromatic carbocycles. The van der Waals surface area contributed by atoms with Crippen molar-refractivity contribution in [2.24, 2.45) is 5.73 Å². The Labute approximate surface area is 121 Å². The minimum Gasteiger partial charge on any atom is -0.392 e. The molecule has 0 radical (unpaired) electrons. The molecule has 0 spiro atoms. The molecule has 1 rings (SSSR count). The van der Waals surface area contributed by atoms with Gasteiger partial charge in [0, 0.05) is 6.04 Å². The molecule has 19 heavy (non-hydrogen) atoms. The van der Waals surface area contributed by atoms with Gasteiger partial charge >= 0.3 is 0 Å². The van der Waals surface area contributed by atoms with Crippen LogP contribution in [0.25, 0.3) is 0 Å². The van der Waals surface area contributed by atoms with Crippen molar-refractivity contribution in [1.29, 1.82) is 0 Å². The molecule has 0 aliphatic heterocycles. The van der Waals surface area contributed by atoms with Gasteiger partial charge in [-0.25, -0.2) is 8.42 Å². The van der Waals surface area contributed by atoms with Crippen LogP contribution in [0.2, 0.25) is 0 Å². The van der Waals surface area contributed by atoms with Crippen LogP contribution in [-0.2, 0) is 14.8 Å². The molecular weight excluding hydrogens is 284 g/mol. The predicted molar refractivity (Wildman–Crippen MR) is 80.6 cm³/mol. The summed E-state index contributed by atoms with van der Waals surface area (Å²) in [6.07, 6.45) is 3.96. The minimum absolute atomic E-state index is 0.00963. The van der Waals surface area contributed by atoms with E-state index in [4.69, 9.17) is 22.7 Å². The third kappa shape index (κ3) is 5.72. The molecule has 1 aliphatic rings. The summed E-state index contributed by atoms with van der Waals surface area (Å²) in [6.45, 7) is 4.12. The van der Waals surface area contributed by atoms with Gasteiger partial charge in [0.1, 0.15) is 0 Å². The van der Waals surface area contributed by atoms with Gasteiger partial charge in [-0.05, 0) is 26.7 Å². The van der Waals surface area contributed by atoms with Gasteiger partial charge in [0.2, 0.25) is 10.0 Å². The van der Waals surface area contributed by atoms with Gasteiger partial charge in [0.25, 0.3) is 0 Å². The summed E-state index contributed by atoms with van der Waals surface area (Å²) < 4.78 is 31.5. The Morgan fingerprint density at radius 1 is 1.42 bits per heavy atom. The molecule has 1 aliphatic carbocycles. The largest absolute Gasteiger partial charge is 0.392 e. The third-order valence-corrected chi connectivity index (χ3v) is 5.15. The summed E-state index contributed by atoms with van der Waals surface area (Å²) in [4.78, 5) is 0.222. The van der Waals surface area contributed by atoms with Crippen LogP contribution in [0.15, 0.2) is 0 Å². The lowest BCUT2D eigenvalue weighted by molar-refractivity contribution is 0.0905. The second kappa shape index (κ2) is 7.52. The third-order valence-electron chi connectivity index (χ3n) is 3.19. The van der Waals surface area contributed by atoms with E-state index in [1.54, 1.807) is 0 Å². The second-order valence-electron chi connectivity index (χ2n) is 5.19. The van der Waals surface area contributed by atoms with Crippen LogP contribution >= 0.6 is 12.2 Å². The van der Waals surface area contributed by atoms with Crippen LogP contribution in [-0.4, -0.2) is 48.8 Å². The molecule has 0 saturated heterocycles. The van der Waals surface area contributed by atoms with Gasteiger partial charge < -0.3 is 10.5 Å². The summed E-state index contributed by atoms with van der Waals surface area (Å²) in [5.41, 5.74) is 5.53. The van der Waals surface area contributed by atoms with E-state index in [0.29, 0.717) is 0 Å². The van der Waals surface area contributed by atoms with Crippen molar-refractivity contribution in [3.63, 3.8) is 0 Å². The lowest BCUT2D eigenvalue weighted by Gasteiger charge is -2.27. The Balaban J connectivity index is 2.68. The fourth-order valence-electron chi connectivity index (χ4n) is 2.31. The number of thiocarbonyl (C=S) groups is 1. The van der Waals surface area contributed by atoms with Crippen molar-refractivity contribution >= 4 is 27.2 Å². The summed E-state index contributed by atoms with van der Waals surface area (Å²) in [5.74, 6) is -0.00963. The van der Waals surface area contributed by atoms with Crippen molar-refractivity contribution in [3.05, 3.63) is 0 Å². The Morgan fingerprint density at radius 2 is 2.00 bits per heavy atom. The van der Waals surface area contributed by atoms with E-state index in [9.17, 15) is 8.42 Å². The average molecular weight is 308 g/mol. The molecular formula is C12H24N2O3S2. The van der Waals surface area contributed by atoms with Gasteiger partial charge in [-0.3, -0.25) is 0 Å². The molecule has 0 bridgehead atoms. The number of hydrogen-bond donors (Lipinski definition) is 1. The van der Waals surface area contributed by atoms with Gasteiger partial charge in [-0.1, -0.05) is 25.1 Å². The molecule has 7 heteroatoms. The smallest absolute Gasteiger partial charge is 0.217 e. The zero-order valence-corrected chi connectivity index (χ0v) is 13.3. The van der Waals surface area contributed by atoms with E-state index in [1.165, 1.54) is 4.31 Å². The maximum Gasteiger partial charge on any atom is 0.217 e. The fourth-order valence-corrected chi connectivity index (χ4v) is 4.07. The molecule has 0 unspecified atom stereocenters. The Kier molecular flexibility index (Phi) is 6.65. The first-order chi connectivity index (χ1) is 8.83. The normalized spacial score (nSPS) is 17.5. The summed E-state index contributed by atoms with van der Waals surface area (Å²) in [7, 11) is -3.36. The van der Waals surface area contributed by atoms with Gasteiger partial charge in [-0.2, -0.15) is 4.31 Å². The van der Waals surface area contributed by atoms with Crippen molar-refractivity contribution in [2.45, 2.75) is 51.7 Å². The van der Waals surface area contributed by atoms with Crippen molar-refractivity contribution < 1.29 is 13.2 Å². The summed E-state index contributed by atoms with van der Waals surface area (Å²) in [6, 6.07) is 0.0468. The van der Waals surface area contributed by atoms with Crippen LogP contribution < -0.4 is 5.73 Å². The number of sulfonamides is 1. The molecule has 1 fully saturated rings. The minimum atomic E-state index is -3.36. The SMILES string of the molecule is CC(C)OCCS(=O)(=O)N(CC(N)=S)C1CCCC1. The molecule has 1 saturated carbocycles. The van der Waals surface area contributed by atoms with E-state index in [1.807, 2.05) is 13.8 Å². The molecule has 0 aromatic rings. The van der Waals surface area contributed by atoms with Gasteiger partial charge in [-0.15, -0.1) is 0 Å². The Morgan fingerprint density at radius 3 is 2.47 bits per heavy atom. The van der Waals surface area contributed by atoms with Crippen LogP contribution in [0.1, 0.15) is 39.5 Å². The van der Waals surface area contributed by atoms with Crippen molar-refractivity contribution in [3.8, 4) is 0 Å². The number of nitrogens with zero attached hydrogens (tertiary/aromatic N) is 1. The number of rotatable bonds is 8. The predicted octanol–water partition coefficient (Wildman–Crippen LogP) is 1.27. The first-order valence-corrected chi connectivity index (χ1v) is 8.74. The molecule has 0 heterocycles. The molecule has 0 atom stereocenters. The standard InChI is InChI=1S/C12H24N2O3S2/c1-10(2)17-7-8-19(15,16)14(9-12(13)18)11-5-3-4-6-11/h10-11H,3-9H2,1-2H3,(H2,13,18). The highest BCUT2D eigenvalue weighted by Gasteiger charge is 2.32. The topological polar surface area (TPSA) is 72.6 Å². The van der Waals surface area contributed by atoms with Gasteiger partial charge in [0.05, 0.1) is 30.0 Å². The number of hydrogen-bond acceptors (Lipinski definition) is 4. The van der Waals surface area contributed by atoms with Crippen LogP contribution in [0.5, 0.6) is 0 Å². The van der Waals surface area contributed by atoms with Crippen LogP contribution in [0, 0.1) is 0 Å². The molecule has 0 aromatic heterocycles. The monoisotopic (exact) mass is 308 g/mol. The molecule has 112 valence electrons. The van der Waals surface area contributed by atoms with Crippen LogP contribution in [0.3, 0.4) is 0 Å². The van der Waals surface area contributed by atoms with E-state index in [0.717, 1.165) is 25.7 Å². The number of ether oxygens (including phenoxy) is 1. The lowest BCUT2D eigenvalue weighted by Crippen LogP contribution is -2.45. The quantitative estimate of drug-likeness (QED) is 0.684. The van der Waals surface area contributed by atoms with Gasteiger partial charge in [0.15, 0.2) is 0 Å². The fraction of sp³-hybridized carbons (Fsp3) is 0.917. The zero-order valence-electron chi connectivity index (χ0n) is 11.7. The summed E-state index contributed by atoms with van der Waals surface area (Å²) >= 11 is 4.87. The van der Waals surface area contributed by atoms with Crippen molar-refractivity contribution in [2.75, 3.05) is 18.9 Å². The Bertz CT molecular complexity index is 390. The first-order valence-electron chi connectivity index (χ1n) is 6.72. The Hall–Kier alpha value is -0.240. The molecule has 2 N–H and O–H groups in total. The summed E-state index contributed by atoms with van der Waals surface area (Å²) in [5, 5.41) is 0.